The fourth-order valence-corrected chi connectivity index (χ4v) is 6.30. The van der Waals surface area contributed by atoms with E-state index in [2.05, 4.69) is 15.9 Å². The van der Waals surface area contributed by atoms with E-state index in [0.717, 1.165) is 16.7 Å². The Kier molecular flexibility index (Phi) is 8.77. The number of halogens is 2. The molecule has 0 saturated heterocycles. The van der Waals surface area contributed by atoms with Crippen molar-refractivity contribution in [3.05, 3.63) is 124 Å². The average molecular weight is 654 g/mol. The van der Waals surface area contributed by atoms with Crippen LogP contribution in [0.1, 0.15) is 36.1 Å². The summed E-state index contributed by atoms with van der Waals surface area (Å²) in [6, 6.07) is 19.9. The van der Waals surface area contributed by atoms with Crippen LogP contribution in [0.3, 0.4) is 0 Å². The zero-order valence-electron chi connectivity index (χ0n) is 22.5. The van der Waals surface area contributed by atoms with Gasteiger partial charge >= 0.3 is 5.97 Å². The Morgan fingerprint density at radius 2 is 1.83 bits per heavy atom. The molecule has 1 aromatic heterocycles. The summed E-state index contributed by atoms with van der Waals surface area (Å²) in [4.78, 5) is 32.1. The molecule has 0 radical (unpaired) electrons. The maximum Gasteiger partial charge on any atom is 0.338 e. The summed E-state index contributed by atoms with van der Waals surface area (Å²) in [5.74, 6) is 0.522. The number of esters is 1. The first-order chi connectivity index (χ1) is 19.9. The van der Waals surface area contributed by atoms with Crippen LogP contribution in [0, 0.1) is 0 Å². The number of methoxy groups -OCH3 is 2. The number of allylic oxidation sites excluding steroid dienone is 1. The van der Waals surface area contributed by atoms with E-state index in [1.54, 1.807) is 29.9 Å². The lowest BCUT2D eigenvalue weighted by Gasteiger charge is -2.25. The molecule has 0 bridgehead atoms. The van der Waals surface area contributed by atoms with Crippen LogP contribution in [-0.4, -0.2) is 24.8 Å². The van der Waals surface area contributed by atoms with Gasteiger partial charge in [-0.25, -0.2) is 9.79 Å². The first-order valence-corrected chi connectivity index (χ1v) is 14.8. The number of carbonyl (C=O) groups is 1. The van der Waals surface area contributed by atoms with Crippen LogP contribution in [0.5, 0.6) is 11.5 Å². The number of hydrogen-bond donors (Lipinski definition) is 0. The maximum absolute atomic E-state index is 13.9. The molecule has 0 unspecified atom stereocenters. The normalized spacial score (nSPS) is 14.9. The minimum Gasteiger partial charge on any atom is -0.493 e. The van der Waals surface area contributed by atoms with Crippen LogP contribution in [0.4, 0.5) is 0 Å². The van der Waals surface area contributed by atoms with Gasteiger partial charge in [0.15, 0.2) is 16.3 Å². The smallest absolute Gasteiger partial charge is 0.338 e. The van der Waals surface area contributed by atoms with Crippen molar-refractivity contribution >= 4 is 50.9 Å². The zero-order valence-corrected chi connectivity index (χ0v) is 25.7. The average Bonchev–Trinajstić information content (AvgIpc) is 3.30. The number of benzene rings is 3. The molecule has 210 valence electrons. The zero-order chi connectivity index (χ0) is 29.1. The predicted molar refractivity (Wildman–Crippen MR) is 163 cm³/mol. The standard InChI is InChI=1S/C31H26BrClN2O5S/c1-4-23-27(30(37)39-3)28(18-10-6-5-7-11-18)35-29(36)26(41-31(35)34-23)15-20-14-24(38-2)25(16-21(20)32)40-17-19-12-8-9-13-22(19)33/h5-16,28H,4,17H2,1-3H3/b26-15-/t28-/m1/s1. The lowest BCUT2D eigenvalue weighted by atomic mass is 9.95. The number of carbonyl (C=O) groups excluding carboxylic acids is 1. The van der Waals surface area contributed by atoms with Gasteiger partial charge in [0.05, 0.1) is 36.1 Å². The van der Waals surface area contributed by atoms with Crippen LogP contribution in [0.15, 0.2) is 92.3 Å². The summed E-state index contributed by atoms with van der Waals surface area (Å²) in [5.41, 5.74) is 3.07. The lowest BCUT2D eigenvalue weighted by molar-refractivity contribution is -0.136. The highest BCUT2D eigenvalue weighted by Gasteiger charge is 2.33. The van der Waals surface area contributed by atoms with Gasteiger partial charge in [0.25, 0.3) is 5.56 Å². The molecule has 0 spiro atoms. The molecule has 1 atom stereocenters. The summed E-state index contributed by atoms with van der Waals surface area (Å²) >= 11 is 11.2. The van der Waals surface area contributed by atoms with E-state index < -0.39 is 12.0 Å². The highest BCUT2D eigenvalue weighted by Crippen LogP contribution is 2.35. The molecule has 7 nitrogen and oxygen atoms in total. The molecule has 4 aromatic rings. The Bertz CT molecular complexity index is 1830. The van der Waals surface area contributed by atoms with Crippen molar-refractivity contribution in [1.29, 1.82) is 0 Å². The van der Waals surface area contributed by atoms with E-state index in [9.17, 15) is 9.59 Å². The second kappa shape index (κ2) is 12.5. The van der Waals surface area contributed by atoms with Gasteiger partial charge in [-0.15, -0.1) is 0 Å². The van der Waals surface area contributed by atoms with E-state index in [4.69, 9.17) is 30.8 Å². The van der Waals surface area contributed by atoms with E-state index in [1.807, 2.05) is 61.5 Å². The quantitative estimate of drug-likeness (QED) is 0.225. The predicted octanol–water partition coefficient (Wildman–Crippen LogP) is 5.80. The van der Waals surface area contributed by atoms with Gasteiger partial charge in [-0.2, -0.15) is 0 Å². The number of fused-ring (bicyclic) bond motifs is 1. The molecule has 0 aliphatic carbocycles. The van der Waals surface area contributed by atoms with Crippen molar-refractivity contribution in [3.8, 4) is 11.5 Å². The fraction of sp³-hybridized carbons (Fsp3) is 0.194. The number of ether oxygens (including phenoxy) is 3. The van der Waals surface area contributed by atoms with Gasteiger partial charge < -0.3 is 14.2 Å². The van der Waals surface area contributed by atoms with Gasteiger partial charge in [-0.1, -0.05) is 94.3 Å². The molecule has 0 fully saturated rings. The summed E-state index contributed by atoms with van der Waals surface area (Å²) in [7, 11) is 2.90. The summed E-state index contributed by atoms with van der Waals surface area (Å²) < 4.78 is 19.5. The molecular weight excluding hydrogens is 628 g/mol. The monoisotopic (exact) mass is 652 g/mol. The van der Waals surface area contributed by atoms with E-state index in [0.29, 0.717) is 48.0 Å². The van der Waals surface area contributed by atoms with Gasteiger partial charge in [0.1, 0.15) is 6.61 Å². The summed E-state index contributed by atoms with van der Waals surface area (Å²) in [5, 5.41) is 0.618. The minimum atomic E-state index is -0.657. The van der Waals surface area contributed by atoms with Gasteiger partial charge in [-0.3, -0.25) is 9.36 Å². The second-order valence-electron chi connectivity index (χ2n) is 9.10. The van der Waals surface area contributed by atoms with E-state index in [1.165, 1.54) is 18.4 Å². The van der Waals surface area contributed by atoms with Gasteiger partial charge in [-0.05, 0) is 41.8 Å². The lowest BCUT2D eigenvalue weighted by Crippen LogP contribution is -2.40. The number of hydrogen-bond acceptors (Lipinski definition) is 7. The van der Waals surface area contributed by atoms with Crippen LogP contribution in [-0.2, 0) is 16.1 Å². The van der Waals surface area contributed by atoms with E-state index >= 15 is 0 Å². The van der Waals surface area contributed by atoms with Crippen molar-refractivity contribution < 1.29 is 19.0 Å². The SMILES string of the molecule is CCC1=C(C(=O)OC)[C@@H](c2ccccc2)n2c(s/c(=C\c3cc(OC)c(OCc4ccccc4Cl)cc3Br)c2=O)=N1. The summed E-state index contributed by atoms with van der Waals surface area (Å²) in [6.45, 7) is 2.19. The third-order valence-electron chi connectivity index (χ3n) is 6.68. The molecular formula is C31H26BrClN2O5S. The molecule has 5 rings (SSSR count). The number of aromatic nitrogens is 1. The number of thiazole rings is 1. The van der Waals surface area contributed by atoms with Crippen LogP contribution in [0.2, 0.25) is 5.02 Å². The molecule has 1 aliphatic heterocycles. The van der Waals surface area contributed by atoms with Gasteiger partial charge in [0.2, 0.25) is 0 Å². The fourth-order valence-electron chi connectivity index (χ4n) is 4.66. The molecule has 10 heteroatoms. The highest BCUT2D eigenvalue weighted by molar-refractivity contribution is 9.10. The van der Waals surface area contributed by atoms with E-state index in [-0.39, 0.29) is 12.2 Å². The third-order valence-corrected chi connectivity index (χ3v) is 8.71. The molecule has 2 heterocycles. The largest absolute Gasteiger partial charge is 0.493 e. The summed E-state index contributed by atoms with van der Waals surface area (Å²) in [6.07, 6.45) is 2.29. The molecule has 0 amide bonds. The first kappa shape index (κ1) is 28.9. The van der Waals surface area contributed by atoms with Crippen molar-refractivity contribution in [2.45, 2.75) is 26.0 Å². The van der Waals surface area contributed by atoms with Crippen molar-refractivity contribution in [2.24, 2.45) is 4.99 Å². The Hall–Kier alpha value is -3.66. The van der Waals surface area contributed by atoms with Gasteiger partial charge in [0, 0.05) is 15.1 Å². The molecule has 1 aliphatic rings. The van der Waals surface area contributed by atoms with Crippen LogP contribution < -0.4 is 24.4 Å². The Morgan fingerprint density at radius 3 is 2.51 bits per heavy atom. The second-order valence-corrected chi connectivity index (χ2v) is 11.4. The van der Waals surface area contributed by atoms with Crippen molar-refractivity contribution in [3.63, 3.8) is 0 Å². The van der Waals surface area contributed by atoms with Crippen LogP contribution >= 0.6 is 38.9 Å². The molecule has 3 aromatic carbocycles. The molecule has 0 N–H and O–H groups in total. The van der Waals surface area contributed by atoms with Crippen LogP contribution in [0.25, 0.3) is 6.08 Å². The Morgan fingerprint density at radius 1 is 1.10 bits per heavy atom. The molecule has 41 heavy (non-hydrogen) atoms. The first-order valence-electron chi connectivity index (χ1n) is 12.8. The topological polar surface area (TPSA) is 79.1 Å². The Labute approximate surface area is 254 Å². The third kappa shape index (κ3) is 5.75. The number of nitrogens with zero attached hydrogens (tertiary/aromatic N) is 2. The number of rotatable bonds is 8. The van der Waals surface area contributed by atoms with Crippen molar-refractivity contribution in [1.82, 2.24) is 4.57 Å². The Balaban J connectivity index is 1.60. The molecule has 0 saturated carbocycles. The van der Waals surface area contributed by atoms with Crippen molar-refractivity contribution in [2.75, 3.05) is 14.2 Å². The minimum absolute atomic E-state index is 0.260. The maximum atomic E-state index is 13.9. The highest BCUT2D eigenvalue weighted by atomic mass is 79.9.